The number of carbonyl (C=O) groups is 1. The average molecular weight is 530 g/mol. The Labute approximate surface area is 208 Å². The molecule has 16 heteroatoms. The summed E-state index contributed by atoms with van der Waals surface area (Å²) in [4.78, 5) is 31.6. The van der Waals surface area contributed by atoms with E-state index in [1.54, 1.807) is 0 Å². The van der Waals surface area contributed by atoms with Crippen molar-refractivity contribution in [3.05, 3.63) is 18.2 Å². The zero-order valence-electron chi connectivity index (χ0n) is 19.7. The molecule has 4 heterocycles. The number of aliphatic hydroxyl groups excluding tert-OH is 1. The number of nitrogens with one attached hydrogen (secondary N) is 1. The van der Waals surface area contributed by atoms with Crippen molar-refractivity contribution < 1.29 is 36.9 Å². The predicted molar refractivity (Wildman–Crippen MR) is 122 cm³/mol. The summed E-state index contributed by atoms with van der Waals surface area (Å²) in [5.41, 5.74) is 4.61. The zero-order valence-corrected chi connectivity index (χ0v) is 19.7. The number of ether oxygens (including phenoxy) is 2. The van der Waals surface area contributed by atoms with Crippen molar-refractivity contribution >= 4 is 23.8 Å². The minimum absolute atomic E-state index is 0.00433. The van der Waals surface area contributed by atoms with Gasteiger partial charge in [-0.15, -0.1) is 0 Å². The van der Waals surface area contributed by atoms with Crippen molar-refractivity contribution in [1.82, 2.24) is 24.8 Å². The first-order valence-electron chi connectivity index (χ1n) is 11.4. The summed E-state index contributed by atoms with van der Waals surface area (Å²) >= 11 is 0. The second-order valence-electron chi connectivity index (χ2n) is 8.68. The van der Waals surface area contributed by atoms with Gasteiger partial charge in [-0.2, -0.15) is 18.2 Å². The van der Waals surface area contributed by atoms with Crippen LogP contribution in [0.15, 0.2) is 12.4 Å². The molecule has 2 aliphatic heterocycles. The van der Waals surface area contributed by atoms with Crippen molar-refractivity contribution in [2.24, 2.45) is 0 Å². The molecule has 2 aromatic rings. The molecule has 0 aromatic carbocycles. The van der Waals surface area contributed by atoms with Crippen LogP contribution in [0.1, 0.15) is 12.8 Å². The molecule has 2 aromatic heterocycles. The molecule has 4 rings (SSSR count). The number of aliphatic hydroxyl groups is 1. The molecule has 202 valence electrons. The van der Waals surface area contributed by atoms with Gasteiger partial charge in [0.05, 0.1) is 18.8 Å². The molecule has 0 spiro atoms. The van der Waals surface area contributed by atoms with E-state index in [0.29, 0.717) is 26.3 Å². The van der Waals surface area contributed by atoms with Crippen LogP contribution in [0.4, 0.5) is 40.1 Å². The van der Waals surface area contributed by atoms with Gasteiger partial charge in [0.15, 0.2) is 18.2 Å². The third kappa shape index (κ3) is 6.43. The number of halogens is 4. The van der Waals surface area contributed by atoms with Crippen molar-refractivity contribution in [2.45, 2.75) is 24.6 Å². The Morgan fingerprint density at radius 1 is 1.22 bits per heavy atom. The fraction of sp³-hybridized carbons (Fsp3) is 0.571. The number of likely N-dealkylation sites (tertiary alicyclic amines) is 1. The van der Waals surface area contributed by atoms with Gasteiger partial charge in [-0.3, -0.25) is 0 Å². The third-order valence-electron chi connectivity index (χ3n) is 6.02. The maximum absolute atomic E-state index is 15.8. The number of hydrogen-bond donors (Lipinski definition) is 3. The molecule has 2 saturated heterocycles. The van der Waals surface area contributed by atoms with Gasteiger partial charge in [-0.25, -0.2) is 24.1 Å². The number of amides is 1. The van der Waals surface area contributed by atoms with E-state index in [4.69, 9.17) is 10.5 Å². The molecule has 0 bridgehead atoms. The summed E-state index contributed by atoms with van der Waals surface area (Å²) in [6.07, 6.45) is -2.93. The molecule has 1 atom stereocenters. The number of rotatable bonds is 7. The van der Waals surface area contributed by atoms with Crippen LogP contribution < -0.4 is 16.0 Å². The fourth-order valence-electron chi connectivity index (χ4n) is 4.17. The molecule has 4 N–H and O–H groups in total. The fourth-order valence-corrected chi connectivity index (χ4v) is 4.17. The standard InChI is InChI=1S/C21H26F4N8O4/c22-14-15(13-9-27-17(26)28-10-13)29-18(32-4-7-36-8-5-32)30-16(14)31-20(2-6-34)1-3-33(11-20)19(35)37-12-21(23,24)25/h9-10,34H,1-8,11-12H2,(H2,26,27,28)(H,29,30,31)/t20-/m1/s1. The highest BCUT2D eigenvalue weighted by Gasteiger charge is 2.42. The van der Waals surface area contributed by atoms with Gasteiger partial charge in [-0.1, -0.05) is 0 Å². The van der Waals surface area contributed by atoms with Gasteiger partial charge in [0.1, 0.15) is 5.69 Å². The number of nitrogens with zero attached hydrogens (tertiary/aromatic N) is 6. The lowest BCUT2D eigenvalue weighted by Gasteiger charge is -2.32. The topological polar surface area (TPSA) is 152 Å². The quantitative estimate of drug-likeness (QED) is 0.446. The molecular weight excluding hydrogens is 504 g/mol. The molecule has 0 unspecified atom stereocenters. The molecule has 12 nitrogen and oxygen atoms in total. The Hall–Kier alpha value is -3.53. The maximum Gasteiger partial charge on any atom is 0.422 e. The predicted octanol–water partition coefficient (Wildman–Crippen LogP) is 1.43. The van der Waals surface area contributed by atoms with E-state index in [1.807, 2.05) is 4.90 Å². The molecule has 2 aliphatic rings. The molecule has 1 amide bonds. The first-order valence-corrected chi connectivity index (χ1v) is 11.4. The monoisotopic (exact) mass is 530 g/mol. The van der Waals surface area contributed by atoms with E-state index in [-0.39, 0.29) is 61.5 Å². The Bertz CT molecular complexity index is 1100. The first-order chi connectivity index (χ1) is 17.6. The number of morpholine rings is 1. The van der Waals surface area contributed by atoms with Crippen molar-refractivity contribution in [1.29, 1.82) is 0 Å². The van der Waals surface area contributed by atoms with Crippen LogP contribution in [0.3, 0.4) is 0 Å². The molecule has 2 fully saturated rings. The van der Waals surface area contributed by atoms with E-state index >= 15 is 4.39 Å². The van der Waals surface area contributed by atoms with E-state index in [1.165, 1.54) is 12.4 Å². The van der Waals surface area contributed by atoms with Crippen LogP contribution in [-0.4, -0.2) is 100 Å². The largest absolute Gasteiger partial charge is 0.440 e. The van der Waals surface area contributed by atoms with Crippen LogP contribution in [0.2, 0.25) is 0 Å². The lowest BCUT2D eigenvalue weighted by Crippen LogP contribution is -2.44. The minimum atomic E-state index is -4.67. The number of carbonyl (C=O) groups excluding carboxylic acids is 1. The van der Waals surface area contributed by atoms with E-state index in [9.17, 15) is 23.1 Å². The van der Waals surface area contributed by atoms with E-state index in [2.05, 4.69) is 30.0 Å². The van der Waals surface area contributed by atoms with Gasteiger partial charge in [0.25, 0.3) is 0 Å². The Kier molecular flexibility index (Phi) is 7.77. The smallest absolute Gasteiger partial charge is 0.422 e. The van der Waals surface area contributed by atoms with Crippen LogP contribution in [-0.2, 0) is 9.47 Å². The van der Waals surface area contributed by atoms with Gasteiger partial charge in [0, 0.05) is 50.7 Å². The summed E-state index contributed by atoms with van der Waals surface area (Å²) in [5, 5.41) is 12.7. The average Bonchev–Trinajstić information content (AvgIpc) is 3.28. The van der Waals surface area contributed by atoms with Gasteiger partial charge in [0.2, 0.25) is 11.9 Å². The zero-order chi connectivity index (χ0) is 26.6. The van der Waals surface area contributed by atoms with Gasteiger partial charge in [-0.05, 0) is 12.8 Å². The molecule has 0 aliphatic carbocycles. The second-order valence-corrected chi connectivity index (χ2v) is 8.68. The Morgan fingerprint density at radius 2 is 1.92 bits per heavy atom. The van der Waals surface area contributed by atoms with Crippen LogP contribution in [0.5, 0.6) is 0 Å². The molecule has 0 saturated carbocycles. The van der Waals surface area contributed by atoms with Crippen LogP contribution >= 0.6 is 0 Å². The number of alkyl halides is 3. The minimum Gasteiger partial charge on any atom is -0.440 e. The van der Waals surface area contributed by atoms with E-state index < -0.39 is 30.2 Å². The number of anilines is 3. The van der Waals surface area contributed by atoms with Gasteiger partial charge >= 0.3 is 12.3 Å². The highest BCUT2D eigenvalue weighted by atomic mass is 19.4. The van der Waals surface area contributed by atoms with Crippen LogP contribution in [0, 0.1) is 5.82 Å². The Morgan fingerprint density at radius 3 is 2.57 bits per heavy atom. The lowest BCUT2D eigenvalue weighted by molar-refractivity contribution is -0.162. The van der Waals surface area contributed by atoms with Gasteiger partial charge < -0.3 is 35.4 Å². The SMILES string of the molecule is Nc1ncc(-c2nc(N3CCOCC3)nc(N[C@@]3(CCO)CCN(C(=O)OCC(F)(F)F)C3)c2F)cn1. The highest BCUT2D eigenvalue weighted by molar-refractivity contribution is 5.69. The number of aromatic nitrogens is 4. The summed E-state index contributed by atoms with van der Waals surface area (Å²) in [5.74, 6) is -0.837. The number of hydrogen-bond acceptors (Lipinski definition) is 11. The normalized spacial score (nSPS) is 20.2. The highest BCUT2D eigenvalue weighted by Crippen LogP contribution is 2.34. The van der Waals surface area contributed by atoms with Crippen molar-refractivity contribution in [3.63, 3.8) is 0 Å². The number of nitrogen functional groups attached to an aromatic ring is 1. The Balaban J connectivity index is 1.64. The summed E-state index contributed by atoms with van der Waals surface area (Å²) in [6, 6.07) is 0. The third-order valence-corrected chi connectivity index (χ3v) is 6.02. The summed E-state index contributed by atoms with van der Waals surface area (Å²) in [6.45, 7) is -0.390. The van der Waals surface area contributed by atoms with E-state index in [0.717, 1.165) is 4.90 Å². The van der Waals surface area contributed by atoms with Crippen molar-refractivity contribution in [2.75, 3.05) is 68.6 Å². The molecule has 37 heavy (non-hydrogen) atoms. The maximum atomic E-state index is 15.8. The molecular formula is C21H26F4N8O4. The first kappa shape index (κ1) is 26.5. The number of nitrogens with two attached hydrogens (primary N) is 1. The second kappa shape index (κ2) is 10.8. The molecule has 0 radical (unpaired) electrons. The summed E-state index contributed by atoms with van der Waals surface area (Å²) in [7, 11) is 0. The van der Waals surface area contributed by atoms with Crippen molar-refractivity contribution in [3.8, 4) is 11.3 Å². The van der Waals surface area contributed by atoms with Crippen LogP contribution in [0.25, 0.3) is 11.3 Å². The lowest BCUT2D eigenvalue weighted by atomic mass is 9.94. The summed E-state index contributed by atoms with van der Waals surface area (Å²) < 4.78 is 62.9.